The van der Waals surface area contributed by atoms with Crippen LogP contribution >= 0.6 is 11.6 Å². The van der Waals surface area contributed by atoms with E-state index in [0.717, 1.165) is 0 Å². The van der Waals surface area contributed by atoms with Gasteiger partial charge in [-0.05, 0) is 30.3 Å². The predicted octanol–water partition coefficient (Wildman–Crippen LogP) is 3.74. The van der Waals surface area contributed by atoms with Crippen molar-refractivity contribution in [3.8, 4) is 5.75 Å². The van der Waals surface area contributed by atoms with Crippen molar-refractivity contribution in [3.63, 3.8) is 0 Å². The maximum atomic E-state index is 12.9. The quantitative estimate of drug-likeness (QED) is 0.787. The smallest absolute Gasteiger partial charge is 0.200 e. The van der Waals surface area contributed by atoms with Crippen LogP contribution in [0.25, 0.3) is 0 Å². The molecule has 4 heteroatoms. The van der Waals surface area contributed by atoms with E-state index in [1.165, 1.54) is 18.2 Å². The SMILES string of the molecule is O=C(COc1cccc(Cl)c1)c1cccc(F)c1. The van der Waals surface area contributed by atoms with Gasteiger partial charge < -0.3 is 4.74 Å². The monoisotopic (exact) mass is 264 g/mol. The van der Waals surface area contributed by atoms with Crippen LogP contribution in [0, 0.1) is 5.82 Å². The highest BCUT2D eigenvalue weighted by Gasteiger charge is 2.07. The van der Waals surface area contributed by atoms with E-state index in [-0.39, 0.29) is 18.0 Å². The summed E-state index contributed by atoms with van der Waals surface area (Å²) in [4.78, 5) is 11.7. The molecule has 0 aliphatic rings. The molecule has 92 valence electrons. The Hall–Kier alpha value is -1.87. The Bertz CT molecular complexity index is 569. The van der Waals surface area contributed by atoms with E-state index in [4.69, 9.17) is 16.3 Å². The van der Waals surface area contributed by atoms with Crippen LogP contribution in [0.1, 0.15) is 10.4 Å². The van der Waals surface area contributed by atoms with E-state index in [1.807, 2.05) is 0 Å². The molecule has 2 rings (SSSR count). The summed E-state index contributed by atoms with van der Waals surface area (Å²) in [6, 6.07) is 12.3. The van der Waals surface area contributed by atoms with E-state index < -0.39 is 5.82 Å². The highest BCUT2D eigenvalue weighted by Crippen LogP contribution is 2.17. The molecule has 2 nitrogen and oxygen atoms in total. The van der Waals surface area contributed by atoms with E-state index in [0.29, 0.717) is 10.8 Å². The van der Waals surface area contributed by atoms with Crippen LogP contribution in [-0.2, 0) is 0 Å². The summed E-state index contributed by atoms with van der Waals surface area (Å²) < 4.78 is 18.2. The number of rotatable bonds is 4. The lowest BCUT2D eigenvalue weighted by Gasteiger charge is -2.05. The van der Waals surface area contributed by atoms with Gasteiger partial charge in [-0.1, -0.05) is 29.8 Å². The van der Waals surface area contributed by atoms with Crippen molar-refractivity contribution in [2.45, 2.75) is 0 Å². The molecule has 0 fully saturated rings. The summed E-state index contributed by atoms with van der Waals surface area (Å²) >= 11 is 5.78. The van der Waals surface area contributed by atoms with Gasteiger partial charge in [-0.3, -0.25) is 4.79 Å². The zero-order valence-corrected chi connectivity index (χ0v) is 10.2. The molecular formula is C14H10ClFO2. The van der Waals surface area contributed by atoms with Gasteiger partial charge in [-0.15, -0.1) is 0 Å². The minimum absolute atomic E-state index is 0.149. The van der Waals surface area contributed by atoms with Gasteiger partial charge >= 0.3 is 0 Å². The van der Waals surface area contributed by atoms with Gasteiger partial charge in [0, 0.05) is 10.6 Å². The first-order valence-corrected chi connectivity index (χ1v) is 5.70. The second-order valence-corrected chi connectivity index (χ2v) is 4.12. The van der Waals surface area contributed by atoms with E-state index in [9.17, 15) is 9.18 Å². The second kappa shape index (κ2) is 5.65. The fourth-order valence-corrected chi connectivity index (χ4v) is 1.63. The number of ether oxygens (including phenoxy) is 1. The standard InChI is InChI=1S/C14H10ClFO2/c15-11-4-2-6-13(8-11)18-9-14(17)10-3-1-5-12(16)7-10/h1-8H,9H2. The third-order valence-corrected chi connectivity index (χ3v) is 2.55. The van der Waals surface area contributed by atoms with Gasteiger partial charge in [0.15, 0.2) is 12.4 Å². The molecule has 0 atom stereocenters. The van der Waals surface area contributed by atoms with Gasteiger partial charge in [0.1, 0.15) is 11.6 Å². The average molecular weight is 265 g/mol. The largest absolute Gasteiger partial charge is 0.485 e. The third kappa shape index (κ3) is 3.31. The number of carbonyl (C=O) groups is 1. The molecule has 0 aromatic heterocycles. The minimum Gasteiger partial charge on any atom is -0.485 e. The number of benzene rings is 2. The van der Waals surface area contributed by atoms with Crippen LogP contribution in [0.3, 0.4) is 0 Å². The van der Waals surface area contributed by atoms with Crippen molar-refractivity contribution in [1.82, 2.24) is 0 Å². The number of hydrogen-bond acceptors (Lipinski definition) is 2. The molecule has 2 aromatic rings. The second-order valence-electron chi connectivity index (χ2n) is 3.68. The maximum absolute atomic E-state index is 12.9. The summed E-state index contributed by atoms with van der Waals surface area (Å²) in [5, 5.41) is 0.533. The number of ketones is 1. The fraction of sp³-hybridized carbons (Fsp3) is 0.0714. The zero-order chi connectivity index (χ0) is 13.0. The van der Waals surface area contributed by atoms with Gasteiger partial charge in [-0.25, -0.2) is 4.39 Å². The zero-order valence-electron chi connectivity index (χ0n) is 9.40. The molecule has 0 heterocycles. The van der Waals surface area contributed by atoms with E-state index in [2.05, 4.69) is 0 Å². The summed E-state index contributed by atoms with van der Waals surface area (Å²) in [6.45, 7) is -0.149. The van der Waals surface area contributed by atoms with Crippen molar-refractivity contribution < 1.29 is 13.9 Å². The Kier molecular flexibility index (Phi) is 3.95. The first-order valence-electron chi connectivity index (χ1n) is 5.32. The summed E-state index contributed by atoms with van der Waals surface area (Å²) in [7, 11) is 0. The highest BCUT2D eigenvalue weighted by molar-refractivity contribution is 6.30. The molecule has 2 aromatic carbocycles. The lowest BCUT2D eigenvalue weighted by Crippen LogP contribution is -2.11. The molecule has 0 aliphatic heterocycles. The van der Waals surface area contributed by atoms with Crippen LogP contribution in [0.5, 0.6) is 5.75 Å². The molecule has 0 saturated heterocycles. The maximum Gasteiger partial charge on any atom is 0.200 e. The molecule has 0 N–H and O–H groups in total. The van der Waals surface area contributed by atoms with Crippen LogP contribution < -0.4 is 4.74 Å². The first-order chi connectivity index (χ1) is 8.65. The molecule has 18 heavy (non-hydrogen) atoms. The molecule has 0 bridgehead atoms. The van der Waals surface area contributed by atoms with E-state index >= 15 is 0 Å². The molecule has 0 unspecified atom stereocenters. The summed E-state index contributed by atoms with van der Waals surface area (Å²) in [5.74, 6) is -0.217. The van der Waals surface area contributed by atoms with Crippen LogP contribution in [0.2, 0.25) is 5.02 Å². The Morgan fingerprint density at radius 3 is 2.67 bits per heavy atom. The van der Waals surface area contributed by atoms with Crippen LogP contribution in [0.4, 0.5) is 4.39 Å². The van der Waals surface area contributed by atoms with Gasteiger partial charge in [0.05, 0.1) is 0 Å². The number of carbonyl (C=O) groups excluding carboxylic acids is 1. The van der Waals surface area contributed by atoms with Gasteiger partial charge in [0.25, 0.3) is 0 Å². The fourth-order valence-electron chi connectivity index (χ4n) is 1.45. The Morgan fingerprint density at radius 1 is 1.17 bits per heavy atom. The molecule has 0 spiro atoms. The molecule has 0 aliphatic carbocycles. The number of hydrogen-bond donors (Lipinski definition) is 0. The molecule has 0 amide bonds. The van der Waals surface area contributed by atoms with Crippen molar-refractivity contribution in [2.75, 3.05) is 6.61 Å². The van der Waals surface area contributed by atoms with Gasteiger partial charge in [-0.2, -0.15) is 0 Å². The topological polar surface area (TPSA) is 26.3 Å². The minimum atomic E-state index is -0.441. The molecule has 0 radical (unpaired) electrons. The predicted molar refractivity (Wildman–Crippen MR) is 67.7 cm³/mol. The van der Waals surface area contributed by atoms with Crippen molar-refractivity contribution in [1.29, 1.82) is 0 Å². The van der Waals surface area contributed by atoms with E-state index in [1.54, 1.807) is 30.3 Å². The Morgan fingerprint density at radius 2 is 1.94 bits per heavy atom. The first kappa shape index (κ1) is 12.6. The average Bonchev–Trinajstić information content (AvgIpc) is 2.36. The van der Waals surface area contributed by atoms with Crippen molar-refractivity contribution in [2.24, 2.45) is 0 Å². The molecular weight excluding hydrogens is 255 g/mol. The Labute approximate surface area is 109 Å². The van der Waals surface area contributed by atoms with Crippen LogP contribution in [-0.4, -0.2) is 12.4 Å². The number of Topliss-reactive ketones (excluding diaryl/α,β-unsaturated/α-hetero) is 1. The summed E-state index contributed by atoms with van der Waals surface area (Å²) in [6.07, 6.45) is 0. The summed E-state index contributed by atoms with van der Waals surface area (Å²) in [5.41, 5.74) is 0.289. The van der Waals surface area contributed by atoms with Crippen molar-refractivity contribution >= 4 is 17.4 Å². The third-order valence-electron chi connectivity index (χ3n) is 2.31. The number of halogens is 2. The molecule has 0 saturated carbocycles. The lowest BCUT2D eigenvalue weighted by molar-refractivity contribution is 0.0921. The lowest BCUT2D eigenvalue weighted by atomic mass is 10.1. The highest BCUT2D eigenvalue weighted by atomic mass is 35.5. The Balaban J connectivity index is 2.00. The normalized spacial score (nSPS) is 10.1. The van der Waals surface area contributed by atoms with Crippen LogP contribution in [0.15, 0.2) is 48.5 Å². The van der Waals surface area contributed by atoms with Gasteiger partial charge in [0.2, 0.25) is 0 Å². The van der Waals surface area contributed by atoms with Crippen molar-refractivity contribution in [3.05, 3.63) is 64.9 Å².